The second kappa shape index (κ2) is 8.57. The van der Waals surface area contributed by atoms with Crippen molar-refractivity contribution in [3.05, 3.63) is 41.2 Å². The Morgan fingerprint density at radius 2 is 2.07 bits per heavy atom. The van der Waals surface area contributed by atoms with Gasteiger partial charge in [-0.25, -0.2) is 4.98 Å². The maximum absolute atomic E-state index is 9.78. The molecule has 3 aromatic rings. The number of nitrogens with two attached hydrogens (primary N) is 1. The van der Waals surface area contributed by atoms with Gasteiger partial charge in [0, 0.05) is 31.0 Å². The van der Waals surface area contributed by atoms with Crippen LogP contribution in [0.4, 0.5) is 5.82 Å². The standard InChI is InChI=1S/C21H26ClN5O2/c1-29-19-10-15(13-28)16(11-17(19)22)18-12-27-9-5-20(25-21(27)24-18)26-7-3-14(2-6-23)4-8-26/h5,9-12,14,28H,2-4,6-8,13,23H2,1H3. The molecule has 2 aromatic heterocycles. The third-order valence-electron chi connectivity index (χ3n) is 5.65. The quantitative estimate of drug-likeness (QED) is 0.643. The van der Waals surface area contributed by atoms with Gasteiger partial charge in [0.15, 0.2) is 0 Å². The lowest BCUT2D eigenvalue weighted by Crippen LogP contribution is -2.34. The minimum atomic E-state index is -0.132. The number of methoxy groups -OCH3 is 1. The molecule has 1 saturated heterocycles. The van der Waals surface area contributed by atoms with Gasteiger partial charge in [-0.2, -0.15) is 4.98 Å². The first kappa shape index (κ1) is 19.9. The third kappa shape index (κ3) is 4.03. The fourth-order valence-electron chi connectivity index (χ4n) is 3.98. The number of fused-ring (bicyclic) bond motifs is 1. The predicted molar refractivity (Wildman–Crippen MR) is 115 cm³/mol. The number of anilines is 1. The van der Waals surface area contributed by atoms with E-state index < -0.39 is 0 Å². The van der Waals surface area contributed by atoms with E-state index in [1.165, 1.54) is 0 Å². The summed E-state index contributed by atoms with van der Waals surface area (Å²) in [6.45, 7) is 2.61. The van der Waals surface area contributed by atoms with Crippen molar-refractivity contribution in [3.8, 4) is 17.0 Å². The second-order valence-electron chi connectivity index (χ2n) is 7.43. The van der Waals surface area contributed by atoms with Gasteiger partial charge in [0.2, 0.25) is 5.78 Å². The normalized spacial score (nSPS) is 15.2. The zero-order valence-corrected chi connectivity index (χ0v) is 17.3. The number of hydrogen-bond acceptors (Lipinski definition) is 6. The minimum absolute atomic E-state index is 0.132. The van der Waals surface area contributed by atoms with E-state index in [0.29, 0.717) is 27.8 Å². The van der Waals surface area contributed by atoms with Crippen LogP contribution < -0.4 is 15.4 Å². The van der Waals surface area contributed by atoms with Crippen molar-refractivity contribution in [1.82, 2.24) is 14.4 Å². The second-order valence-corrected chi connectivity index (χ2v) is 7.84. The highest BCUT2D eigenvalue weighted by Gasteiger charge is 2.20. The number of rotatable bonds is 6. The van der Waals surface area contributed by atoms with Crippen molar-refractivity contribution < 1.29 is 9.84 Å². The Labute approximate surface area is 175 Å². The summed E-state index contributed by atoms with van der Waals surface area (Å²) in [6.07, 6.45) is 7.27. The van der Waals surface area contributed by atoms with Gasteiger partial charge in [-0.15, -0.1) is 0 Å². The molecule has 0 saturated carbocycles. The molecule has 0 unspecified atom stereocenters. The van der Waals surface area contributed by atoms with Crippen LogP contribution in [-0.2, 0) is 6.61 Å². The molecule has 154 valence electrons. The number of aromatic nitrogens is 3. The molecule has 3 heterocycles. The van der Waals surface area contributed by atoms with Gasteiger partial charge in [0.1, 0.15) is 11.6 Å². The predicted octanol–water partition coefficient (Wildman–Crippen LogP) is 3.12. The van der Waals surface area contributed by atoms with Crippen LogP contribution in [0, 0.1) is 5.92 Å². The van der Waals surface area contributed by atoms with Gasteiger partial charge in [0.25, 0.3) is 0 Å². The Morgan fingerprint density at radius 3 is 2.76 bits per heavy atom. The molecule has 1 aromatic carbocycles. The summed E-state index contributed by atoms with van der Waals surface area (Å²) in [5.74, 6) is 2.81. The molecule has 0 spiro atoms. The van der Waals surface area contributed by atoms with Crippen molar-refractivity contribution >= 4 is 23.2 Å². The molecular formula is C21H26ClN5O2. The lowest BCUT2D eigenvalue weighted by molar-refractivity contribution is 0.281. The van der Waals surface area contributed by atoms with Crippen molar-refractivity contribution in [2.75, 3.05) is 31.6 Å². The summed E-state index contributed by atoms with van der Waals surface area (Å²) in [7, 11) is 1.55. The number of nitrogens with zero attached hydrogens (tertiary/aromatic N) is 4. The molecule has 1 fully saturated rings. The van der Waals surface area contributed by atoms with Crippen LogP contribution >= 0.6 is 11.6 Å². The van der Waals surface area contributed by atoms with Gasteiger partial charge in [-0.05, 0) is 55.5 Å². The van der Waals surface area contributed by atoms with Gasteiger partial charge >= 0.3 is 0 Å². The van der Waals surface area contributed by atoms with Crippen molar-refractivity contribution in [3.63, 3.8) is 0 Å². The number of imidazole rings is 1. The van der Waals surface area contributed by atoms with E-state index >= 15 is 0 Å². The highest BCUT2D eigenvalue weighted by atomic mass is 35.5. The van der Waals surface area contributed by atoms with Gasteiger partial charge in [-0.3, -0.25) is 4.40 Å². The molecule has 7 nitrogen and oxygen atoms in total. The zero-order valence-electron chi connectivity index (χ0n) is 16.5. The smallest absolute Gasteiger partial charge is 0.236 e. The zero-order chi connectivity index (χ0) is 20.4. The first-order chi connectivity index (χ1) is 14.1. The average Bonchev–Trinajstić information content (AvgIpc) is 3.17. The molecule has 0 amide bonds. The average molecular weight is 416 g/mol. The molecule has 0 aliphatic carbocycles. The number of halogens is 1. The molecule has 1 aliphatic rings. The summed E-state index contributed by atoms with van der Waals surface area (Å²) >= 11 is 6.30. The Morgan fingerprint density at radius 1 is 1.28 bits per heavy atom. The summed E-state index contributed by atoms with van der Waals surface area (Å²) in [5.41, 5.74) is 7.89. The van der Waals surface area contributed by atoms with Crippen LogP contribution in [0.2, 0.25) is 5.02 Å². The molecule has 1 aliphatic heterocycles. The monoisotopic (exact) mass is 415 g/mol. The highest BCUT2D eigenvalue weighted by Crippen LogP contribution is 2.34. The van der Waals surface area contributed by atoms with Crippen LogP contribution in [0.25, 0.3) is 17.0 Å². The molecule has 8 heteroatoms. The lowest BCUT2D eigenvalue weighted by atomic mass is 9.94. The Balaban J connectivity index is 1.62. The summed E-state index contributed by atoms with van der Waals surface area (Å²) in [5, 5.41) is 10.3. The van der Waals surface area contributed by atoms with E-state index in [4.69, 9.17) is 27.1 Å². The molecule has 0 bridgehead atoms. The molecule has 3 N–H and O–H groups in total. The summed E-state index contributed by atoms with van der Waals surface area (Å²) in [4.78, 5) is 11.8. The molecule has 29 heavy (non-hydrogen) atoms. The van der Waals surface area contributed by atoms with Gasteiger partial charge < -0.3 is 20.5 Å². The first-order valence-corrected chi connectivity index (χ1v) is 10.3. The van der Waals surface area contributed by atoms with Crippen molar-refractivity contribution in [2.45, 2.75) is 25.9 Å². The molecule has 0 atom stereocenters. The minimum Gasteiger partial charge on any atom is -0.495 e. The number of hydrogen-bond donors (Lipinski definition) is 2. The number of aliphatic hydroxyl groups is 1. The SMILES string of the molecule is COc1cc(CO)c(-c2cn3ccc(N4CCC(CCN)CC4)nc3n2)cc1Cl. The Bertz CT molecular complexity index is 998. The summed E-state index contributed by atoms with van der Waals surface area (Å²) in [6, 6.07) is 5.54. The number of ether oxygens (including phenoxy) is 1. The maximum Gasteiger partial charge on any atom is 0.236 e. The highest BCUT2D eigenvalue weighted by molar-refractivity contribution is 6.32. The van der Waals surface area contributed by atoms with E-state index in [1.54, 1.807) is 19.2 Å². The maximum atomic E-state index is 9.78. The Kier molecular flexibility index (Phi) is 5.89. The number of aliphatic hydroxyl groups excluding tert-OH is 1. The van der Waals surface area contributed by atoms with Crippen LogP contribution in [0.5, 0.6) is 5.75 Å². The summed E-state index contributed by atoms with van der Waals surface area (Å²) < 4.78 is 7.14. The van der Waals surface area contributed by atoms with Gasteiger partial charge in [0.05, 0.1) is 24.4 Å². The van der Waals surface area contributed by atoms with E-state index in [2.05, 4.69) is 9.88 Å². The fraction of sp³-hybridized carbons (Fsp3) is 0.429. The van der Waals surface area contributed by atoms with E-state index in [0.717, 1.165) is 56.2 Å². The van der Waals surface area contributed by atoms with Crippen LogP contribution in [-0.4, -0.2) is 46.2 Å². The van der Waals surface area contributed by atoms with E-state index in [-0.39, 0.29) is 6.61 Å². The van der Waals surface area contributed by atoms with Crippen LogP contribution in [0.3, 0.4) is 0 Å². The topological polar surface area (TPSA) is 88.9 Å². The molecule has 0 radical (unpaired) electrons. The molecule has 4 rings (SSSR count). The van der Waals surface area contributed by atoms with Crippen LogP contribution in [0.15, 0.2) is 30.6 Å². The van der Waals surface area contributed by atoms with Crippen LogP contribution in [0.1, 0.15) is 24.8 Å². The number of piperidine rings is 1. The Hall–Kier alpha value is -2.35. The largest absolute Gasteiger partial charge is 0.495 e. The van der Waals surface area contributed by atoms with Gasteiger partial charge in [-0.1, -0.05) is 11.6 Å². The van der Waals surface area contributed by atoms with Crippen molar-refractivity contribution in [2.24, 2.45) is 11.7 Å². The van der Waals surface area contributed by atoms with E-state index in [1.807, 2.05) is 22.9 Å². The lowest BCUT2D eigenvalue weighted by Gasteiger charge is -2.32. The number of benzene rings is 1. The third-order valence-corrected chi connectivity index (χ3v) is 5.94. The molecular weight excluding hydrogens is 390 g/mol. The fourth-order valence-corrected chi connectivity index (χ4v) is 4.22. The first-order valence-electron chi connectivity index (χ1n) is 9.91. The van der Waals surface area contributed by atoms with E-state index in [9.17, 15) is 5.11 Å². The van der Waals surface area contributed by atoms with Crippen molar-refractivity contribution in [1.29, 1.82) is 0 Å².